The highest BCUT2D eigenvalue weighted by Crippen LogP contribution is 2.36. The van der Waals surface area contributed by atoms with Gasteiger partial charge in [0.2, 0.25) is 0 Å². The first-order chi connectivity index (χ1) is 8.17. The Kier molecular flexibility index (Phi) is 3.63. The number of piperidine rings is 1. The van der Waals surface area contributed by atoms with E-state index in [1.54, 1.807) is 0 Å². The first-order valence-electron chi connectivity index (χ1n) is 6.47. The van der Waals surface area contributed by atoms with Crippen LogP contribution in [0.15, 0.2) is 30.3 Å². The highest BCUT2D eigenvalue weighted by Gasteiger charge is 2.41. The summed E-state index contributed by atoms with van der Waals surface area (Å²) in [5, 5.41) is 3.35. The highest BCUT2D eigenvalue weighted by molar-refractivity contribution is 5.91. The van der Waals surface area contributed by atoms with Crippen LogP contribution in [0.3, 0.4) is 0 Å². The molecular formula is C15H21NO. The van der Waals surface area contributed by atoms with Crippen LogP contribution in [-0.4, -0.2) is 18.9 Å². The minimum absolute atomic E-state index is 0.105. The third kappa shape index (κ3) is 2.27. The number of Topliss-reactive ketones (excluding diaryl/α,β-unsaturated/α-hetero) is 1. The second-order valence-corrected chi connectivity index (χ2v) is 5.22. The summed E-state index contributed by atoms with van der Waals surface area (Å²) in [4.78, 5) is 12.6. The molecule has 92 valence electrons. The molecule has 0 aliphatic carbocycles. The first-order valence-corrected chi connectivity index (χ1v) is 6.47. The zero-order chi connectivity index (χ0) is 12.3. The number of carbonyl (C=O) groups is 1. The average Bonchev–Trinajstić information content (AvgIpc) is 2.39. The van der Waals surface area contributed by atoms with Gasteiger partial charge in [0.05, 0.1) is 5.41 Å². The number of rotatable bonds is 3. The highest BCUT2D eigenvalue weighted by atomic mass is 16.1. The number of benzene rings is 1. The number of hydrogen-bond acceptors (Lipinski definition) is 2. The lowest BCUT2D eigenvalue weighted by atomic mass is 9.67. The van der Waals surface area contributed by atoms with E-state index in [1.807, 2.05) is 32.0 Å². The number of ketones is 1. The molecular weight excluding hydrogens is 210 g/mol. The van der Waals surface area contributed by atoms with Gasteiger partial charge in [-0.3, -0.25) is 4.79 Å². The molecule has 1 aromatic carbocycles. The summed E-state index contributed by atoms with van der Waals surface area (Å²) in [6, 6.07) is 10.3. The van der Waals surface area contributed by atoms with Crippen LogP contribution in [0.2, 0.25) is 0 Å². The van der Waals surface area contributed by atoms with E-state index < -0.39 is 0 Å². The summed E-state index contributed by atoms with van der Waals surface area (Å²) in [6.45, 7) is 5.89. The molecule has 0 saturated carbocycles. The van der Waals surface area contributed by atoms with Crippen LogP contribution in [0.1, 0.15) is 32.3 Å². The lowest BCUT2D eigenvalue weighted by Crippen LogP contribution is -2.47. The SMILES string of the molecule is CC(C)C(=O)C1(c2ccccc2)CCNCC1. The van der Waals surface area contributed by atoms with Gasteiger partial charge in [0, 0.05) is 5.92 Å². The molecule has 0 amide bonds. The fourth-order valence-corrected chi connectivity index (χ4v) is 2.84. The number of carbonyl (C=O) groups excluding carboxylic acids is 1. The molecule has 2 heteroatoms. The Balaban J connectivity index is 2.40. The van der Waals surface area contributed by atoms with Gasteiger partial charge in [0.25, 0.3) is 0 Å². The Bertz CT molecular complexity index is 377. The van der Waals surface area contributed by atoms with Crippen LogP contribution in [0, 0.1) is 5.92 Å². The van der Waals surface area contributed by atoms with E-state index >= 15 is 0 Å². The lowest BCUT2D eigenvalue weighted by molar-refractivity contribution is -0.128. The molecule has 1 heterocycles. The largest absolute Gasteiger partial charge is 0.317 e. The van der Waals surface area contributed by atoms with Crippen LogP contribution < -0.4 is 5.32 Å². The van der Waals surface area contributed by atoms with Crippen molar-refractivity contribution in [2.75, 3.05) is 13.1 Å². The Labute approximate surface area is 103 Å². The van der Waals surface area contributed by atoms with Gasteiger partial charge >= 0.3 is 0 Å². The fourth-order valence-electron chi connectivity index (χ4n) is 2.84. The van der Waals surface area contributed by atoms with Gasteiger partial charge in [-0.1, -0.05) is 44.2 Å². The third-order valence-corrected chi connectivity index (χ3v) is 3.78. The number of hydrogen-bond donors (Lipinski definition) is 1. The summed E-state index contributed by atoms with van der Waals surface area (Å²) >= 11 is 0. The predicted octanol–water partition coefficient (Wildman–Crippen LogP) is 2.53. The van der Waals surface area contributed by atoms with Crippen molar-refractivity contribution in [3.05, 3.63) is 35.9 Å². The monoisotopic (exact) mass is 231 g/mol. The quantitative estimate of drug-likeness (QED) is 0.866. The van der Waals surface area contributed by atoms with Crippen LogP contribution in [0.4, 0.5) is 0 Å². The second kappa shape index (κ2) is 5.01. The van der Waals surface area contributed by atoms with Crippen molar-refractivity contribution < 1.29 is 4.79 Å². The van der Waals surface area contributed by atoms with Gasteiger partial charge in [-0.25, -0.2) is 0 Å². The first kappa shape index (κ1) is 12.3. The minimum atomic E-state index is -0.249. The van der Waals surface area contributed by atoms with Gasteiger partial charge in [-0.2, -0.15) is 0 Å². The molecule has 1 saturated heterocycles. The Morgan fingerprint density at radius 1 is 1.18 bits per heavy atom. The molecule has 0 unspecified atom stereocenters. The number of nitrogens with one attached hydrogen (secondary N) is 1. The maximum absolute atomic E-state index is 12.6. The van der Waals surface area contributed by atoms with E-state index in [9.17, 15) is 4.79 Å². The average molecular weight is 231 g/mol. The Hall–Kier alpha value is -1.15. The predicted molar refractivity (Wildman–Crippen MR) is 70.1 cm³/mol. The normalized spacial score (nSPS) is 19.2. The van der Waals surface area contributed by atoms with Crippen molar-refractivity contribution in [1.29, 1.82) is 0 Å². The Morgan fingerprint density at radius 2 is 1.76 bits per heavy atom. The maximum atomic E-state index is 12.6. The van der Waals surface area contributed by atoms with E-state index in [4.69, 9.17) is 0 Å². The van der Waals surface area contributed by atoms with Crippen molar-refractivity contribution in [3.8, 4) is 0 Å². The summed E-state index contributed by atoms with van der Waals surface area (Å²) in [6.07, 6.45) is 1.85. The summed E-state index contributed by atoms with van der Waals surface area (Å²) in [7, 11) is 0. The molecule has 2 nitrogen and oxygen atoms in total. The molecule has 0 bridgehead atoms. The van der Waals surface area contributed by atoms with Crippen LogP contribution in [0.5, 0.6) is 0 Å². The van der Waals surface area contributed by atoms with E-state index in [0.29, 0.717) is 5.78 Å². The van der Waals surface area contributed by atoms with Gasteiger partial charge in [-0.05, 0) is 31.5 Å². The van der Waals surface area contributed by atoms with E-state index in [2.05, 4.69) is 17.4 Å². The second-order valence-electron chi connectivity index (χ2n) is 5.22. The Morgan fingerprint density at radius 3 is 2.29 bits per heavy atom. The molecule has 0 spiro atoms. The molecule has 2 rings (SSSR count). The van der Waals surface area contributed by atoms with Crippen molar-refractivity contribution in [2.45, 2.75) is 32.1 Å². The molecule has 0 atom stereocenters. The van der Waals surface area contributed by atoms with Crippen molar-refractivity contribution in [1.82, 2.24) is 5.32 Å². The van der Waals surface area contributed by atoms with E-state index in [1.165, 1.54) is 5.56 Å². The fraction of sp³-hybridized carbons (Fsp3) is 0.533. The molecule has 0 radical (unpaired) electrons. The summed E-state index contributed by atoms with van der Waals surface area (Å²) in [5.41, 5.74) is 0.945. The van der Waals surface area contributed by atoms with Crippen LogP contribution in [-0.2, 0) is 10.2 Å². The smallest absolute Gasteiger partial charge is 0.146 e. The molecule has 17 heavy (non-hydrogen) atoms. The van der Waals surface area contributed by atoms with Crippen molar-refractivity contribution in [3.63, 3.8) is 0 Å². The van der Waals surface area contributed by atoms with Gasteiger partial charge in [0.1, 0.15) is 5.78 Å². The van der Waals surface area contributed by atoms with Gasteiger partial charge < -0.3 is 5.32 Å². The molecule has 1 N–H and O–H groups in total. The lowest BCUT2D eigenvalue weighted by Gasteiger charge is -2.38. The molecule has 1 aliphatic heterocycles. The topological polar surface area (TPSA) is 29.1 Å². The minimum Gasteiger partial charge on any atom is -0.317 e. The maximum Gasteiger partial charge on any atom is 0.146 e. The summed E-state index contributed by atoms with van der Waals surface area (Å²) in [5.74, 6) is 0.499. The molecule has 0 aromatic heterocycles. The van der Waals surface area contributed by atoms with Gasteiger partial charge in [0.15, 0.2) is 0 Å². The van der Waals surface area contributed by atoms with Crippen molar-refractivity contribution >= 4 is 5.78 Å². The standard InChI is InChI=1S/C15H21NO/c1-12(2)14(17)15(8-10-16-11-9-15)13-6-4-3-5-7-13/h3-7,12,16H,8-11H2,1-2H3. The zero-order valence-electron chi connectivity index (χ0n) is 10.7. The van der Waals surface area contributed by atoms with Crippen LogP contribution >= 0.6 is 0 Å². The van der Waals surface area contributed by atoms with Crippen molar-refractivity contribution in [2.24, 2.45) is 5.92 Å². The summed E-state index contributed by atoms with van der Waals surface area (Å²) < 4.78 is 0. The van der Waals surface area contributed by atoms with E-state index in [0.717, 1.165) is 25.9 Å². The molecule has 1 aliphatic rings. The van der Waals surface area contributed by atoms with Crippen LogP contribution in [0.25, 0.3) is 0 Å². The molecule has 1 aromatic rings. The third-order valence-electron chi connectivity index (χ3n) is 3.78. The zero-order valence-corrected chi connectivity index (χ0v) is 10.7. The molecule has 1 fully saturated rings. The van der Waals surface area contributed by atoms with E-state index in [-0.39, 0.29) is 11.3 Å². The van der Waals surface area contributed by atoms with Gasteiger partial charge in [-0.15, -0.1) is 0 Å².